The van der Waals surface area contributed by atoms with Crippen molar-refractivity contribution in [1.82, 2.24) is 0 Å². The largest absolute Gasteiger partial charge is 0.383 e. The van der Waals surface area contributed by atoms with Crippen molar-refractivity contribution in [2.24, 2.45) is 10.7 Å². The van der Waals surface area contributed by atoms with Crippen molar-refractivity contribution < 1.29 is 0 Å². The van der Waals surface area contributed by atoms with E-state index in [0.717, 1.165) is 10.4 Å². The van der Waals surface area contributed by atoms with E-state index in [1.165, 1.54) is 5.56 Å². The second-order valence-corrected chi connectivity index (χ2v) is 3.80. The second-order valence-electron chi connectivity index (χ2n) is 3.80. The Hall–Kier alpha value is -1.57. The monoisotopic (exact) mass is 202 g/mol. The van der Waals surface area contributed by atoms with Crippen LogP contribution in [0.5, 0.6) is 0 Å². The maximum atomic E-state index is 5.85. The first kappa shape index (κ1) is 11.5. The van der Waals surface area contributed by atoms with Gasteiger partial charge < -0.3 is 5.73 Å². The number of aliphatic imine (C=N–C) groups is 1. The molecule has 0 atom stereocenters. The summed E-state index contributed by atoms with van der Waals surface area (Å²) in [5, 5.41) is 1.91. The molecule has 0 saturated heterocycles. The molecule has 0 radical (unpaired) electrons. The van der Waals surface area contributed by atoms with Crippen LogP contribution in [0.15, 0.2) is 23.2 Å². The first-order chi connectivity index (χ1) is 7.07. The lowest BCUT2D eigenvalue weighted by Gasteiger charge is -2.06. The predicted molar refractivity (Wildman–Crippen MR) is 67.1 cm³/mol. The van der Waals surface area contributed by atoms with Gasteiger partial charge in [0.05, 0.1) is 0 Å². The fourth-order valence-corrected chi connectivity index (χ4v) is 1.59. The number of hydrogen-bond donors (Lipinski definition) is 1. The molecule has 0 amide bonds. The zero-order valence-electron chi connectivity index (χ0n) is 9.62. The van der Waals surface area contributed by atoms with Crippen LogP contribution in [0.3, 0.4) is 0 Å². The van der Waals surface area contributed by atoms with Crippen molar-refractivity contribution in [2.45, 2.75) is 26.7 Å². The van der Waals surface area contributed by atoms with Gasteiger partial charge in [-0.25, -0.2) is 4.99 Å². The van der Waals surface area contributed by atoms with Crippen molar-refractivity contribution in [3.05, 3.63) is 34.2 Å². The highest BCUT2D eigenvalue weighted by molar-refractivity contribution is 5.61. The van der Waals surface area contributed by atoms with E-state index in [1.807, 2.05) is 19.1 Å². The molecule has 0 unspecified atom stereocenters. The molecule has 0 fully saturated rings. The normalized spacial score (nSPS) is 13.6. The molecule has 0 aliphatic carbocycles. The number of rotatable bonds is 2. The molecule has 1 rings (SSSR count). The summed E-state index contributed by atoms with van der Waals surface area (Å²) >= 11 is 0. The van der Waals surface area contributed by atoms with Gasteiger partial charge in [0.1, 0.15) is 5.82 Å². The summed E-state index contributed by atoms with van der Waals surface area (Å²) < 4.78 is 0. The van der Waals surface area contributed by atoms with Crippen LogP contribution in [0.2, 0.25) is 0 Å². The van der Waals surface area contributed by atoms with Gasteiger partial charge in [0, 0.05) is 11.4 Å². The third kappa shape index (κ3) is 2.46. The quantitative estimate of drug-likeness (QED) is 0.722. The van der Waals surface area contributed by atoms with Gasteiger partial charge in [-0.2, -0.15) is 0 Å². The lowest BCUT2D eigenvalue weighted by molar-refractivity contribution is 0.857. The summed E-state index contributed by atoms with van der Waals surface area (Å²) in [6.45, 7) is 10.2. The van der Waals surface area contributed by atoms with Gasteiger partial charge in [0.25, 0.3) is 0 Å². The summed E-state index contributed by atoms with van der Waals surface area (Å²) in [6, 6.07) is 6.04. The van der Waals surface area contributed by atoms with E-state index in [-0.39, 0.29) is 0 Å². The molecule has 0 saturated carbocycles. The van der Waals surface area contributed by atoms with E-state index in [1.54, 1.807) is 6.21 Å². The highest BCUT2D eigenvalue weighted by Gasteiger charge is 2.01. The Labute approximate surface area is 90.8 Å². The molecule has 1 aromatic carbocycles. The van der Waals surface area contributed by atoms with Gasteiger partial charge in [-0.15, -0.1) is 0 Å². The van der Waals surface area contributed by atoms with Gasteiger partial charge in [0.15, 0.2) is 0 Å². The SMILES string of the molecule is C=c1c(C(C)C)ccc/c1=C(N)/N=C\C. The Morgan fingerprint density at radius 3 is 2.67 bits per heavy atom. The summed E-state index contributed by atoms with van der Waals surface area (Å²) in [4.78, 5) is 4.09. The zero-order valence-corrected chi connectivity index (χ0v) is 9.62. The minimum Gasteiger partial charge on any atom is -0.383 e. The third-order valence-electron chi connectivity index (χ3n) is 2.38. The van der Waals surface area contributed by atoms with Gasteiger partial charge in [-0.3, -0.25) is 0 Å². The van der Waals surface area contributed by atoms with Crippen LogP contribution in [-0.2, 0) is 0 Å². The average Bonchev–Trinajstić information content (AvgIpc) is 2.17. The standard InChI is InChI=1S/C13H18N2/c1-5-15-13(14)12-8-6-7-11(9(2)3)10(12)4/h5-9H,4,14H2,1-3H3/b13-12-,15-5-. The molecule has 80 valence electrons. The first-order valence-electron chi connectivity index (χ1n) is 5.14. The van der Waals surface area contributed by atoms with Crippen LogP contribution in [0.4, 0.5) is 0 Å². The molecule has 0 heterocycles. The van der Waals surface area contributed by atoms with E-state index in [4.69, 9.17) is 5.73 Å². The van der Waals surface area contributed by atoms with Gasteiger partial charge >= 0.3 is 0 Å². The highest BCUT2D eigenvalue weighted by atomic mass is 14.9. The fourth-order valence-electron chi connectivity index (χ4n) is 1.59. The van der Waals surface area contributed by atoms with Crippen molar-refractivity contribution in [1.29, 1.82) is 0 Å². The molecular weight excluding hydrogens is 184 g/mol. The maximum Gasteiger partial charge on any atom is 0.130 e. The molecule has 0 aliphatic rings. The lowest BCUT2D eigenvalue weighted by atomic mass is 10.0. The van der Waals surface area contributed by atoms with Gasteiger partial charge in [-0.05, 0) is 23.6 Å². The zero-order chi connectivity index (χ0) is 11.4. The maximum absolute atomic E-state index is 5.85. The smallest absolute Gasteiger partial charge is 0.130 e. The Balaban J connectivity index is 3.53. The van der Waals surface area contributed by atoms with E-state index >= 15 is 0 Å². The number of nitrogens with two attached hydrogens (primary N) is 1. The topological polar surface area (TPSA) is 38.4 Å². The highest BCUT2D eigenvalue weighted by Crippen LogP contribution is 2.06. The molecule has 1 aromatic rings. The van der Waals surface area contributed by atoms with Crippen molar-refractivity contribution in [3.63, 3.8) is 0 Å². The Morgan fingerprint density at radius 1 is 1.47 bits per heavy atom. The Kier molecular flexibility index (Phi) is 3.67. The Morgan fingerprint density at radius 2 is 2.13 bits per heavy atom. The second kappa shape index (κ2) is 4.78. The van der Waals surface area contributed by atoms with E-state index < -0.39 is 0 Å². The molecule has 0 aromatic heterocycles. The van der Waals surface area contributed by atoms with Crippen LogP contribution >= 0.6 is 0 Å². The van der Waals surface area contributed by atoms with Crippen LogP contribution in [0, 0.1) is 0 Å². The molecule has 15 heavy (non-hydrogen) atoms. The fraction of sp³-hybridized carbons (Fsp3) is 0.308. The molecule has 2 nitrogen and oxygen atoms in total. The van der Waals surface area contributed by atoms with E-state index in [0.29, 0.717) is 11.7 Å². The molecule has 0 bridgehead atoms. The first-order valence-corrected chi connectivity index (χ1v) is 5.14. The number of benzene rings is 1. The van der Waals surface area contributed by atoms with Crippen LogP contribution in [0.25, 0.3) is 12.4 Å². The van der Waals surface area contributed by atoms with E-state index in [9.17, 15) is 0 Å². The molecular formula is C13H18N2. The molecule has 2 heteroatoms. The summed E-state index contributed by atoms with van der Waals surface area (Å²) in [6.07, 6.45) is 1.69. The minimum atomic E-state index is 0.454. The average molecular weight is 202 g/mol. The van der Waals surface area contributed by atoms with Crippen LogP contribution < -0.4 is 16.2 Å². The van der Waals surface area contributed by atoms with Crippen LogP contribution in [-0.4, -0.2) is 6.21 Å². The van der Waals surface area contributed by atoms with Gasteiger partial charge in [0.2, 0.25) is 0 Å². The summed E-state index contributed by atoms with van der Waals surface area (Å²) in [5.74, 6) is 0.987. The summed E-state index contributed by atoms with van der Waals surface area (Å²) in [7, 11) is 0. The number of hydrogen-bond acceptors (Lipinski definition) is 2. The van der Waals surface area contributed by atoms with Crippen molar-refractivity contribution >= 4 is 18.6 Å². The summed E-state index contributed by atoms with van der Waals surface area (Å²) in [5.41, 5.74) is 7.08. The van der Waals surface area contributed by atoms with Crippen molar-refractivity contribution in [3.8, 4) is 0 Å². The van der Waals surface area contributed by atoms with Gasteiger partial charge in [-0.1, -0.05) is 38.6 Å². The molecule has 0 spiro atoms. The van der Waals surface area contributed by atoms with Crippen LogP contribution in [0.1, 0.15) is 32.3 Å². The van der Waals surface area contributed by atoms with E-state index in [2.05, 4.69) is 31.5 Å². The Bertz CT molecular complexity index is 470. The number of nitrogens with zero attached hydrogens (tertiary/aromatic N) is 1. The minimum absolute atomic E-state index is 0.454. The third-order valence-corrected chi connectivity index (χ3v) is 2.38. The predicted octanol–water partition coefficient (Wildman–Crippen LogP) is 1.34. The lowest BCUT2D eigenvalue weighted by Crippen LogP contribution is -2.31. The molecule has 2 N–H and O–H groups in total. The molecule has 0 aliphatic heterocycles. The van der Waals surface area contributed by atoms with Crippen molar-refractivity contribution in [2.75, 3.05) is 0 Å².